The van der Waals surface area contributed by atoms with Crippen molar-refractivity contribution in [3.63, 3.8) is 0 Å². The van der Waals surface area contributed by atoms with E-state index in [1.54, 1.807) is 0 Å². The lowest BCUT2D eigenvalue weighted by atomic mass is 10.1. The van der Waals surface area contributed by atoms with Crippen LogP contribution in [-0.2, 0) is 29.8 Å². The van der Waals surface area contributed by atoms with Gasteiger partial charge in [0.25, 0.3) is 26.1 Å². The first kappa shape index (κ1) is 30.5. The third-order valence-electron chi connectivity index (χ3n) is 5.69. The van der Waals surface area contributed by atoms with Gasteiger partial charge in [0.1, 0.15) is 0 Å². The van der Waals surface area contributed by atoms with Crippen molar-refractivity contribution in [3.8, 4) is 11.6 Å². The number of aromatic carboxylic acids is 1. The summed E-state index contributed by atoms with van der Waals surface area (Å²) >= 11 is 0. The van der Waals surface area contributed by atoms with Crippen LogP contribution in [-0.4, -0.2) is 74.6 Å². The number of carboxylic acids is 2. The van der Waals surface area contributed by atoms with Crippen molar-refractivity contribution >= 4 is 55.6 Å². The molecule has 2 heterocycles. The number of aromatic hydroxyl groups is 1. The van der Waals surface area contributed by atoms with Gasteiger partial charge in [-0.05, 0) is 60.7 Å². The van der Waals surface area contributed by atoms with E-state index < -0.39 is 65.2 Å². The maximum Gasteiger partial charge on any atom is 0.357 e. The second-order valence-corrected chi connectivity index (χ2v) is 11.3. The number of benzene rings is 2. The molecule has 0 atom stereocenters. The van der Waals surface area contributed by atoms with Gasteiger partial charge in [-0.3, -0.25) is 13.9 Å². The van der Waals surface area contributed by atoms with Gasteiger partial charge in [0.05, 0.1) is 32.3 Å². The molecule has 0 unspecified atom stereocenters. The van der Waals surface area contributed by atoms with Crippen molar-refractivity contribution in [2.24, 2.45) is 5.10 Å². The van der Waals surface area contributed by atoms with Gasteiger partial charge in [0.2, 0.25) is 5.88 Å². The fraction of sp³-hybridized carbons (Fsp3) is 0. The van der Waals surface area contributed by atoms with Crippen molar-refractivity contribution in [2.75, 3.05) is 5.01 Å². The first-order valence-electron chi connectivity index (χ1n) is 11.5. The highest BCUT2D eigenvalue weighted by Crippen LogP contribution is 2.28. The summed E-state index contributed by atoms with van der Waals surface area (Å²) in [6.07, 6.45) is 6.06. The second kappa shape index (κ2) is 11.4. The third-order valence-corrected chi connectivity index (χ3v) is 7.42. The Kier molecular flexibility index (Phi) is 8.13. The number of carbonyl (C=O) groups is 3. The van der Waals surface area contributed by atoms with E-state index in [1.807, 2.05) is 0 Å². The number of anilines is 1. The van der Waals surface area contributed by atoms with Gasteiger partial charge >= 0.3 is 11.9 Å². The van der Waals surface area contributed by atoms with Crippen molar-refractivity contribution in [2.45, 2.75) is 9.79 Å². The largest absolute Gasteiger partial charge is 0.493 e. The van der Waals surface area contributed by atoms with E-state index in [-0.39, 0.29) is 22.5 Å². The first-order chi connectivity index (χ1) is 20.1. The SMILES string of the molecule is O=C(O)C1=NN(c2ccc(S(=O)(=O)O)cc2)C(=O)\C1=C/C=C/C=C/c1c(C(=O)O)nn(-c2ccc(S(=O)(=O)O)cc2)c1O. The molecular formula is C25H18N4O12S2. The molecule has 5 N–H and O–H groups in total. The first-order valence-corrected chi connectivity index (χ1v) is 14.4. The molecule has 0 spiro atoms. The highest BCUT2D eigenvalue weighted by atomic mass is 32.2. The minimum absolute atomic E-state index is 0.0183. The molecule has 4 rings (SSSR count). The number of carbonyl (C=O) groups excluding carboxylic acids is 1. The zero-order valence-electron chi connectivity index (χ0n) is 21.2. The minimum atomic E-state index is -4.50. The molecule has 0 radical (unpaired) electrons. The lowest BCUT2D eigenvalue weighted by Gasteiger charge is -2.11. The topological polar surface area (TPSA) is 254 Å². The Morgan fingerprint density at radius 1 is 0.767 bits per heavy atom. The van der Waals surface area contributed by atoms with E-state index in [9.17, 15) is 46.5 Å². The lowest BCUT2D eigenvalue weighted by molar-refractivity contribution is -0.129. The molecular weight excluding hydrogens is 612 g/mol. The molecule has 18 heteroatoms. The van der Waals surface area contributed by atoms with Gasteiger partial charge in [-0.25, -0.2) is 9.59 Å². The fourth-order valence-electron chi connectivity index (χ4n) is 3.70. The molecule has 43 heavy (non-hydrogen) atoms. The van der Waals surface area contributed by atoms with Crippen LogP contribution in [0.15, 0.2) is 93.3 Å². The summed E-state index contributed by atoms with van der Waals surface area (Å²) in [5.74, 6) is -4.52. The normalized spacial score (nSPS) is 15.1. The number of rotatable bonds is 9. The minimum Gasteiger partial charge on any atom is -0.493 e. The molecule has 0 aliphatic carbocycles. The van der Waals surface area contributed by atoms with Crippen LogP contribution in [0.5, 0.6) is 5.88 Å². The van der Waals surface area contributed by atoms with Crippen LogP contribution in [0.3, 0.4) is 0 Å². The zero-order valence-corrected chi connectivity index (χ0v) is 22.8. The number of hydrogen-bond donors (Lipinski definition) is 5. The Hall–Kier alpha value is -5.43. The van der Waals surface area contributed by atoms with E-state index in [4.69, 9.17) is 9.11 Å². The Labute approximate surface area is 241 Å². The molecule has 0 bridgehead atoms. The number of aliphatic carboxylic acids is 1. The Morgan fingerprint density at radius 3 is 1.79 bits per heavy atom. The highest BCUT2D eigenvalue weighted by molar-refractivity contribution is 7.86. The highest BCUT2D eigenvalue weighted by Gasteiger charge is 2.34. The molecule has 0 fully saturated rings. The summed E-state index contributed by atoms with van der Waals surface area (Å²) < 4.78 is 64.0. The summed E-state index contributed by atoms with van der Waals surface area (Å²) in [5.41, 5.74) is -1.68. The molecule has 1 amide bonds. The van der Waals surface area contributed by atoms with Crippen molar-refractivity contribution in [1.29, 1.82) is 0 Å². The van der Waals surface area contributed by atoms with Gasteiger partial charge in [0, 0.05) is 0 Å². The predicted octanol–water partition coefficient (Wildman–Crippen LogP) is 1.75. The number of allylic oxidation sites excluding steroid dienone is 4. The summed E-state index contributed by atoms with van der Waals surface area (Å²) in [6.45, 7) is 0. The second-order valence-electron chi connectivity index (χ2n) is 8.44. The maximum atomic E-state index is 12.9. The average molecular weight is 631 g/mol. The van der Waals surface area contributed by atoms with Crippen LogP contribution in [0.1, 0.15) is 16.1 Å². The van der Waals surface area contributed by atoms with Gasteiger partial charge in [-0.2, -0.15) is 36.7 Å². The number of hydrogen-bond acceptors (Lipinski definition) is 10. The van der Waals surface area contributed by atoms with Gasteiger partial charge in [0.15, 0.2) is 11.4 Å². The van der Waals surface area contributed by atoms with Crippen LogP contribution in [0, 0.1) is 0 Å². The molecule has 222 valence electrons. The third kappa shape index (κ3) is 6.41. The van der Waals surface area contributed by atoms with E-state index >= 15 is 0 Å². The zero-order chi connectivity index (χ0) is 31.7. The standard InChI is InChI=1S/C25H18N4O12S2/c30-22-18(20(24(32)33)26-28(22)14-6-10-16(11-7-14)42(36,37)38)4-2-1-3-5-19-21(25(34)35)27-29(23(19)31)15-8-12-17(13-9-15)43(39,40)41/h1-13,30H,(H,32,33)(H,34,35)(H,36,37,38)(H,39,40,41)/b3-1+,4-2+,19-5-. The summed E-state index contributed by atoms with van der Waals surface area (Å²) in [4.78, 5) is 35.4. The molecule has 1 aliphatic rings. The van der Waals surface area contributed by atoms with Gasteiger partial charge < -0.3 is 15.3 Å². The van der Waals surface area contributed by atoms with Crippen molar-refractivity contribution < 1.29 is 55.6 Å². The Bertz CT molecular complexity index is 1990. The quantitative estimate of drug-likeness (QED) is 0.128. The maximum absolute atomic E-state index is 12.9. The van der Waals surface area contributed by atoms with Crippen LogP contribution in [0.25, 0.3) is 11.8 Å². The van der Waals surface area contributed by atoms with Gasteiger partial charge in [-0.1, -0.05) is 18.2 Å². The number of carboxylic acid groups (broad SMARTS) is 2. The number of nitrogens with zero attached hydrogens (tertiary/aromatic N) is 4. The Balaban J connectivity index is 1.59. The lowest BCUT2D eigenvalue weighted by Crippen LogP contribution is -2.22. The molecule has 0 saturated carbocycles. The van der Waals surface area contributed by atoms with Crippen LogP contribution < -0.4 is 5.01 Å². The van der Waals surface area contributed by atoms with E-state index in [0.717, 1.165) is 58.2 Å². The number of hydrazone groups is 1. The van der Waals surface area contributed by atoms with E-state index in [2.05, 4.69) is 10.2 Å². The van der Waals surface area contributed by atoms with E-state index in [0.29, 0.717) is 0 Å². The number of aromatic nitrogens is 2. The summed E-state index contributed by atoms with van der Waals surface area (Å²) in [7, 11) is -8.99. The van der Waals surface area contributed by atoms with Crippen molar-refractivity contribution in [3.05, 3.63) is 89.7 Å². The number of amides is 1. The molecule has 0 saturated heterocycles. The van der Waals surface area contributed by atoms with Crippen LogP contribution >= 0.6 is 0 Å². The Morgan fingerprint density at radius 2 is 1.30 bits per heavy atom. The van der Waals surface area contributed by atoms with Crippen LogP contribution in [0.2, 0.25) is 0 Å². The molecule has 1 aromatic heterocycles. The monoisotopic (exact) mass is 630 g/mol. The van der Waals surface area contributed by atoms with Gasteiger partial charge in [-0.15, -0.1) is 0 Å². The summed E-state index contributed by atoms with van der Waals surface area (Å²) in [5, 5.41) is 37.9. The smallest absolute Gasteiger partial charge is 0.357 e. The predicted molar refractivity (Wildman–Crippen MR) is 147 cm³/mol. The fourth-order valence-corrected chi connectivity index (χ4v) is 4.66. The molecule has 3 aromatic rings. The summed E-state index contributed by atoms with van der Waals surface area (Å²) in [6, 6.07) is 8.66. The molecule has 1 aliphatic heterocycles. The molecule has 2 aromatic carbocycles. The van der Waals surface area contributed by atoms with Crippen molar-refractivity contribution in [1.82, 2.24) is 9.78 Å². The van der Waals surface area contributed by atoms with E-state index in [1.165, 1.54) is 30.4 Å². The van der Waals surface area contributed by atoms with Crippen LogP contribution in [0.4, 0.5) is 5.69 Å². The molecule has 16 nitrogen and oxygen atoms in total. The average Bonchev–Trinajstić information content (AvgIpc) is 3.44.